The first-order chi connectivity index (χ1) is 7.13. The molecule has 0 saturated heterocycles. The molecule has 0 heterocycles. The highest BCUT2D eigenvalue weighted by atomic mass is 19.1. The summed E-state index contributed by atoms with van der Waals surface area (Å²) >= 11 is 0. The molecule has 0 unspecified atom stereocenters. The van der Waals surface area contributed by atoms with Crippen LogP contribution in [0.25, 0.3) is 0 Å². The van der Waals surface area contributed by atoms with Crippen LogP contribution in [0.15, 0.2) is 24.3 Å². The molecule has 0 aliphatic carbocycles. The Labute approximate surface area is 88.5 Å². The van der Waals surface area contributed by atoms with Crippen LogP contribution >= 0.6 is 0 Å². The number of nitrogens with two attached hydrogens (primary N) is 1. The van der Waals surface area contributed by atoms with Crippen molar-refractivity contribution in [3.8, 4) is 0 Å². The molecule has 4 heteroatoms. The van der Waals surface area contributed by atoms with Crippen LogP contribution in [-0.2, 0) is 11.3 Å². The first-order valence-electron chi connectivity index (χ1n) is 4.91. The van der Waals surface area contributed by atoms with Crippen molar-refractivity contribution in [3.05, 3.63) is 35.6 Å². The second-order valence-corrected chi connectivity index (χ2v) is 3.36. The zero-order valence-electron chi connectivity index (χ0n) is 8.66. The van der Waals surface area contributed by atoms with Gasteiger partial charge in [0, 0.05) is 6.54 Å². The number of amides is 1. The highest BCUT2D eigenvalue weighted by Crippen LogP contribution is 2.02. The Morgan fingerprint density at radius 2 is 2.33 bits per heavy atom. The van der Waals surface area contributed by atoms with Crippen LogP contribution in [0.2, 0.25) is 0 Å². The van der Waals surface area contributed by atoms with E-state index in [-0.39, 0.29) is 11.7 Å². The van der Waals surface area contributed by atoms with Crippen molar-refractivity contribution in [2.75, 3.05) is 0 Å². The number of rotatable bonds is 4. The summed E-state index contributed by atoms with van der Waals surface area (Å²) in [6, 6.07) is 5.62. The van der Waals surface area contributed by atoms with E-state index < -0.39 is 6.04 Å². The zero-order valence-corrected chi connectivity index (χ0v) is 8.66. The molecular weight excluding hydrogens is 195 g/mol. The number of halogens is 1. The minimum Gasteiger partial charge on any atom is -0.351 e. The molecule has 0 radical (unpaired) electrons. The maximum atomic E-state index is 12.8. The molecular formula is C11H15FN2O. The van der Waals surface area contributed by atoms with E-state index in [0.717, 1.165) is 5.56 Å². The predicted molar refractivity (Wildman–Crippen MR) is 56.5 cm³/mol. The number of carbonyl (C=O) groups excluding carboxylic acids is 1. The Morgan fingerprint density at radius 1 is 1.60 bits per heavy atom. The van der Waals surface area contributed by atoms with Gasteiger partial charge in [-0.2, -0.15) is 0 Å². The molecule has 0 spiro atoms. The summed E-state index contributed by atoms with van der Waals surface area (Å²) in [6.07, 6.45) is 0.592. The van der Waals surface area contributed by atoms with Gasteiger partial charge in [0.05, 0.1) is 6.04 Å². The minimum absolute atomic E-state index is 0.207. The van der Waals surface area contributed by atoms with Gasteiger partial charge in [-0.05, 0) is 24.1 Å². The van der Waals surface area contributed by atoms with Gasteiger partial charge >= 0.3 is 0 Å². The Balaban J connectivity index is 2.47. The van der Waals surface area contributed by atoms with Crippen molar-refractivity contribution in [2.24, 2.45) is 5.73 Å². The van der Waals surface area contributed by atoms with Crippen molar-refractivity contribution in [1.29, 1.82) is 0 Å². The van der Waals surface area contributed by atoms with Crippen molar-refractivity contribution in [2.45, 2.75) is 25.9 Å². The van der Waals surface area contributed by atoms with Gasteiger partial charge < -0.3 is 11.1 Å². The summed E-state index contributed by atoms with van der Waals surface area (Å²) in [4.78, 5) is 11.3. The molecule has 82 valence electrons. The second-order valence-electron chi connectivity index (χ2n) is 3.36. The van der Waals surface area contributed by atoms with Gasteiger partial charge in [-0.25, -0.2) is 4.39 Å². The molecule has 0 aliphatic rings. The molecule has 1 aromatic rings. The number of nitrogens with one attached hydrogen (secondary N) is 1. The quantitative estimate of drug-likeness (QED) is 0.784. The van der Waals surface area contributed by atoms with E-state index >= 15 is 0 Å². The molecule has 15 heavy (non-hydrogen) atoms. The van der Waals surface area contributed by atoms with E-state index in [1.165, 1.54) is 12.1 Å². The molecule has 1 atom stereocenters. The van der Waals surface area contributed by atoms with Crippen molar-refractivity contribution in [3.63, 3.8) is 0 Å². The normalized spacial score (nSPS) is 12.2. The van der Waals surface area contributed by atoms with Crippen molar-refractivity contribution >= 4 is 5.91 Å². The number of carbonyl (C=O) groups is 1. The molecule has 0 saturated carbocycles. The first-order valence-corrected chi connectivity index (χ1v) is 4.91. The number of hydrogen-bond donors (Lipinski definition) is 2. The van der Waals surface area contributed by atoms with Crippen LogP contribution in [0.5, 0.6) is 0 Å². The van der Waals surface area contributed by atoms with Crippen LogP contribution < -0.4 is 11.1 Å². The summed E-state index contributed by atoms with van der Waals surface area (Å²) in [7, 11) is 0. The summed E-state index contributed by atoms with van der Waals surface area (Å²) < 4.78 is 12.8. The highest BCUT2D eigenvalue weighted by Gasteiger charge is 2.09. The molecule has 0 aliphatic heterocycles. The summed E-state index contributed by atoms with van der Waals surface area (Å²) in [5.74, 6) is -0.511. The largest absolute Gasteiger partial charge is 0.351 e. The van der Waals surface area contributed by atoms with E-state index in [1.54, 1.807) is 12.1 Å². The van der Waals surface area contributed by atoms with Crippen LogP contribution in [0.3, 0.4) is 0 Å². The standard InChI is InChI=1S/C11H15FN2O/c1-2-10(13)11(15)14-7-8-4-3-5-9(12)6-8/h3-6,10H,2,7,13H2,1H3,(H,14,15)/t10-/m1/s1. The summed E-state index contributed by atoms with van der Waals surface area (Å²) in [5.41, 5.74) is 6.25. The van der Waals surface area contributed by atoms with E-state index in [2.05, 4.69) is 5.32 Å². The molecule has 3 N–H and O–H groups in total. The van der Waals surface area contributed by atoms with Crippen molar-refractivity contribution in [1.82, 2.24) is 5.32 Å². The molecule has 0 aromatic heterocycles. The Kier molecular flexibility index (Phi) is 4.24. The van der Waals surface area contributed by atoms with E-state index in [4.69, 9.17) is 5.73 Å². The fraction of sp³-hybridized carbons (Fsp3) is 0.364. The van der Waals surface area contributed by atoms with Crippen LogP contribution in [0.1, 0.15) is 18.9 Å². The van der Waals surface area contributed by atoms with Crippen LogP contribution in [0.4, 0.5) is 4.39 Å². The topological polar surface area (TPSA) is 55.1 Å². The van der Waals surface area contributed by atoms with Gasteiger partial charge in [-0.15, -0.1) is 0 Å². The lowest BCUT2D eigenvalue weighted by Crippen LogP contribution is -2.39. The highest BCUT2D eigenvalue weighted by molar-refractivity contribution is 5.81. The van der Waals surface area contributed by atoms with Gasteiger partial charge in [0.15, 0.2) is 0 Å². The van der Waals surface area contributed by atoms with Crippen molar-refractivity contribution < 1.29 is 9.18 Å². The van der Waals surface area contributed by atoms with Gasteiger partial charge in [0.25, 0.3) is 0 Å². The molecule has 1 aromatic carbocycles. The monoisotopic (exact) mass is 210 g/mol. The minimum atomic E-state index is -0.487. The van der Waals surface area contributed by atoms with E-state index in [9.17, 15) is 9.18 Å². The molecule has 0 fully saturated rings. The molecule has 0 bridgehead atoms. The van der Waals surface area contributed by atoms with Crippen LogP contribution in [0, 0.1) is 5.82 Å². The maximum Gasteiger partial charge on any atom is 0.237 e. The Bertz CT molecular complexity index is 341. The smallest absolute Gasteiger partial charge is 0.237 e. The molecule has 3 nitrogen and oxygen atoms in total. The third-order valence-corrected chi connectivity index (χ3v) is 2.13. The predicted octanol–water partition coefficient (Wildman–Crippen LogP) is 1.18. The molecule has 1 rings (SSSR count). The van der Waals surface area contributed by atoms with E-state index in [1.807, 2.05) is 6.92 Å². The van der Waals surface area contributed by atoms with Gasteiger partial charge in [0.2, 0.25) is 5.91 Å². The third kappa shape index (κ3) is 3.67. The average molecular weight is 210 g/mol. The Hall–Kier alpha value is -1.42. The first kappa shape index (κ1) is 11.7. The SMILES string of the molecule is CC[C@@H](N)C(=O)NCc1cccc(F)c1. The number of hydrogen-bond acceptors (Lipinski definition) is 2. The van der Waals surface area contributed by atoms with Gasteiger partial charge in [0.1, 0.15) is 5.82 Å². The van der Waals surface area contributed by atoms with E-state index in [0.29, 0.717) is 13.0 Å². The lowest BCUT2D eigenvalue weighted by atomic mass is 10.2. The second kappa shape index (κ2) is 5.46. The lowest BCUT2D eigenvalue weighted by molar-refractivity contribution is -0.122. The summed E-state index contributed by atoms with van der Waals surface area (Å²) in [5, 5.41) is 2.65. The maximum absolute atomic E-state index is 12.8. The molecule has 1 amide bonds. The average Bonchev–Trinajstić information content (AvgIpc) is 2.25. The third-order valence-electron chi connectivity index (χ3n) is 2.13. The lowest BCUT2D eigenvalue weighted by Gasteiger charge is -2.09. The Morgan fingerprint density at radius 3 is 2.93 bits per heavy atom. The number of benzene rings is 1. The van der Waals surface area contributed by atoms with Crippen LogP contribution in [-0.4, -0.2) is 11.9 Å². The van der Waals surface area contributed by atoms with Gasteiger partial charge in [-0.1, -0.05) is 19.1 Å². The van der Waals surface area contributed by atoms with Gasteiger partial charge in [-0.3, -0.25) is 4.79 Å². The zero-order chi connectivity index (χ0) is 11.3. The summed E-state index contributed by atoms with van der Waals surface area (Å²) in [6.45, 7) is 2.15. The fourth-order valence-corrected chi connectivity index (χ4v) is 1.15. The fourth-order valence-electron chi connectivity index (χ4n) is 1.15.